The zero-order chi connectivity index (χ0) is 17.7. The van der Waals surface area contributed by atoms with E-state index in [-0.39, 0.29) is 11.7 Å². The number of halogens is 1. The summed E-state index contributed by atoms with van der Waals surface area (Å²) in [6.07, 6.45) is -0.903. The molecule has 0 heterocycles. The van der Waals surface area contributed by atoms with Crippen LogP contribution < -0.4 is 10.2 Å². The standard InChI is InChI=1S/C19H23FN2O2/c1-4-22(3)17-11-7-15(8-12-17)19(24)21-13(2)18(23)14-5-9-16(20)10-6-14/h5-13,18,23H,4H2,1-3H3,(H,21,24). The van der Waals surface area contributed by atoms with E-state index < -0.39 is 12.1 Å². The molecule has 0 aromatic heterocycles. The van der Waals surface area contributed by atoms with Gasteiger partial charge in [-0.1, -0.05) is 12.1 Å². The highest BCUT2D eigenvalue weighted by atomic mass is 19.1. The molecule has 0 saturated carbocycles. The van der Waals surface area contributed by atoms with Gasteiger partial charge >= 0.3 is 0 Å². The Kier molecular flexibility index (Phi) is 5.93. The molecule has 0 aliphatic rings. The average Bonchev–Trinajstić information content (AvgIpc) is 2.61. The van der Waals surface area contributed by atoms with E-state index in [9.17, 15) is 14.3 Å². The quantitative estimate of drug-likeness (QED) is 0.855. The van der Waals surface area contributed by atoms with Gasteiger partial charge in [-0.15, -0.1) is 0 Å². The van der Waals surface area contributed by atoms with Crippen molar-refractivity contribution >= 4 is 11.6 Å². The fourth-order valence-corrected chi connectivity index (χ4v) is 2.37. The second-order valence-electron chi connectivity index (χ2n) is 5.82. The minimum absolute atomic E-state index is 0.255. The minimum Gasteiger partial charge on any atom is -0.386 e. The molecular weight excluding hydrogens is 307 g/mol. The first-order chi connectivity index (χ1) is 11.4. The van der Waals surface area contributed by atoms with E-state index in [4.69, 9.17) is 0 Å². The van der Waals surface area contributed by atoms with Gasteiger partial charge in [0.2, 0.25) is 0 Å². The van der Waals surface area contributed by atoms with Crippen LogP contribution in [0.5, 0.6) is 0 Å². The summed E-state index contributed by atoms with van der Waals surface area (Å²) in [5.41, 5.74) is 2.12. The van der Waals surface area contributed by atoms with Crippen LogP contribution in [0.4, 0.5) is 10.1 Å². The highest BCUT2D eigenvalue weighted by Crippen LogP contribution is 2.18. The Morgan fingerprint density at radius 3 is 2.29 bits per heavy atom. The Hall–Kier alpha value is -2.40. The molecule has 2 N–H and O–H groups in total. The molecule has 0 aliphatic carbocycles. The zero-order valence-corrected chi connectivity index (χ0v) is 14.2. The third-order valence-electron chi connectivity index (χ3n) is 4.09. The average molecular weight is 330 g/mol. The molecule has 2 aromatic rings. The van der Waals surface area contributed by atoms with Gasteiger partial charge in [-0.2, -0.15) is 0 Å². The number of rotatable bonds is 6. The monoisotopic (exact) mass is 330 g/mol. The maximum absolute atomic E-state index is 12.9. The van der Waals surface area contributed by atoms with Crippen molar-refractivity contribution in [2.75, 3.05) is 18.5 Å². The van der Waals surface area contributed by atoms with Crippen LogP contribution in [0.15, 0.2) is 48.5 Å². The number of nitrogens with one attached hydrogen (secondary N) is 1. The first-order valence-electron chi connectivity index (χ1n) is 7.98. The van der Waals surface area contributed by atoms with Gasteiger partial charge in [-0.3, -0.25) is 4.79 Å². The van der Waals surface area contributed by atoms with Crippen molar-refractivity contribution in [3.05, 3.63) is 65.5 Å². The van der Waals surface area contributed by atoms with Gasteiger partial charge in [0.15, 0.2) is 0 Å². The van der Waals surface area contributed by atoms with Gasteiger partial charge < -0.3 is 15.3 Å². The fourth-order valence-electron chi connectivity index (χ4n) is 2.37. The molecule has 4 nitrogen and oxygen atoms in total. The summed E-state index contributed by atoms with van der Waals surface area (Å²) in [5.74, 6) is -0.617. The third-order valence-corrected chi connectivity index (χ3v) is 4.09. The number of aliphatic hydroxyl groups is 1. The summed E-state index contributed by atoms with van der Waals surface area (Å²) in [6, 6.07) is 12.4. The van der Waals surface area contributed by atoms with Crippen molar-refractivity contribution in [3.63, 3.8) is 0 Å². The molecule has 2 aromatic carbocycles. The van der Waals surface area contributed by atoms with E-state index in [1.54, 1.807) is 19.1 Å². The van der Waals surface area contributed by atoms with E-state index in [1.165, 1.54) is 24.3 Å². The smallest absolute Gasteiger partial charge is 0.251 e. The maximum Gasteiger partial charge on any atom is 0.251 e. The zero-order valence-electron chi connectivity index (χ0n) is 14.2. The molecule has 24 heavy (non-hydrogen) atoms. The Morgan fingerprint density at radius 2 is 1.75 bits per heavy atom. The number of aliphatic hydroxyl groups excluding tert-OH is 1. The molecule has 2 rings (SSSR count). The molecule has 0 bridgehead atoms. The van der Waals surface area contributed by atoms with Crippen molar-refractivity contribution in [3.8, 4) is 0 Å². The van der Waals surface area contributed by atoms with Crippen molar-refractivity contribution < 1.29 is 14.3 Å². The lowest BCUT2D eigenvalue weighted by molar-refractivity contribution is 0.0852. The topological polar surface area (TPSA) is 52.6 Å². The lowest BCUT2D eigenvalue weighted by Gasteiger charge is -2.21. The molecule has 0 aliphatic heterocycles. The largest absolute Gasteiger partial charge is 0.386 e. The van der Waals surface area contributed by atoms with Crippen molar-refractivity contribution in [1.29, 1.82) is 0 Å². The third kappa shape index (κ3) is 4.32. The molecule has 0 radical (unpaired) electrons. The summed E-state index contributed by atoms with van der Waals surface area (Å²) in [7, 11) is 1.98. The van der Waals surface area contributed by atoms with Crippen LogP contribution in [0.3, 0.4) is 0 Å². The highest BCUT2D eigenvalue weighted by molar-refractivity contribution is 5.94. The van der Waals surface area contributed by atoms with Crippen molar-refractivity contribution in [1.82, 2.24) is 5.32 Å². The van der Waals surface area contributed by atoms with Gasteiger partial charge in [-0.05, 0) is 55.8 Å². The Morgan fingerprint density at radius 1 is 1.17 bits per heavy atom. The summed E-state index contributed by atoms with van der Waals surface area (Å²) < 4.78 is 12.9. The minimum atomic E-state index is -0.903. The van der Waals surface area contributed by atoms with Gasteiger partial charge in [0.25, 0.3) is 5.91 Å². The number of amides is 1. The van der Waals surface area contributed by atoms with Crippen molar-refractivity contribution in [2.45, 2.75) is 26.0 Å². The Balaban J connectivity index is 2.01. The molecule has 5 heteroatoms. The van der Waals surface area contributed by atoms with E-state index in [1.807, 2.05) is 19.2 Å². The predicted molar refractivity (Wildman–Crippen MR) is 93.7 cm³/mol. The summed E-state index contributed by atoms with van der Waals surface area (Å²) >= 11 is 0. The number of nitrogens with zero attached hydrogens (tertiary/aromatic N) is 1. The molecule has 0 saturated heterocycles. The molecule has 0 spiro atoms. The van der Waals surface area contributed by atoms with Crippen LogP contribution in [0.1, 0.15) is 35.9 Å². The van der Waals surface area contributed by atoms with Gasteiger partial charge in [0, 0.05) is 24.8 Å². The van der Waals surface area contributed by atoms with E-state index in [0.717, 1.165) is 12.2 Å². The predicted octanol–water partition coefficient (Wildman–Crippen LogP) is 3.13. The van der Waals surface area contributed by atoms with Crippen LogP contribution in [0, 0.1) is 5.82 Å². The van der Waals surface area contributed by atoms with E-state index in [2.05, 4.69) is 17.1 Å². The number of anilines is 1. The van der Waals surface area contributed by atoms with Gasteiger partial charge in [0.05, 0.1) is 12.1 Å². The fraction of sp³-hybridized carbons (Fsp3) is 0.316. The summed E-state index contributed by atoms with van der Waals surface area (Å²) in [4.78, 5) is 14.4. The SMILES string of the molecule is CCN(C)c1ccc(C(=O)NC(C)C(O)c2ccc(F)cc2)cc1. The first kappa shape index (κ1) is 17.9. The van der Waals surface area contributed by atoms with Crippen LogP contribution in [0.25, 0.3) is 0 Å². The van der Waals surface area contributed by atoms with Gasteiger partial charge in [0.1, 0.15) is 5.82 Å². The summed E-state index contributed by atoms with van der Waals surface area (Å²) in [6.45, 7) is 4.65. The maximum atomic E-state index is 12.9. The molecule has 2 atom stereocenters. The summed E-state index contributed by atoms with van der Waals surface area (Å²) in [5, 5.41) is 13.1. The second kappa shape index (κ2) is 7.93. The molecular formula is C19H23FN2O2. The number of hydrogen-bond donors (Lipinski definition) is 2. The Bertz CT molecular complexity index is 671. The lowest BCUT2D eigenvalue weighted by Crippen LogP contribution is -2.37. The molecule has 0 fully saturated rings. The lowest BCUT2D eigenvalue weighted by atomic mass is 10.0. The van der Waals surface area contributed by atoms with Crippen LogP contribution >= 0.6 is 0 Å². The van der Waals surface area contributed by atoms with Crippen LogP contribution in [0.2, 0.25) is 0 Å². The van der Waals surface area contributed by atoms with Gasteiger partial charge in [-0.25, -0.2) is 4.39 Å². The van der Waals surface area contributed by atoms with E-state index in [0.29, 0.717) is 11.1 Å². The van der Waals surface area contributed by atoms with E-state index >= 15 is 0 Å². The van der Waals surface area contributed by atoms with Crippen molar-refractivity contribution in [2.24, 2.45) is 0 Å². The molecule has 1 amide bonds. The normalized spacial score (nSPS) is 13.2. The number of carbonyl (C=O) groups excluding carboxylic acids is 1. The highest BCUT2D eigenvalue weighted by Gasteiger charge is 2.19. The number of benzene rings is 2. The number of carbonyl (C=O) groups is 1. The number of hydrogen-bond acceptors (Lipinski definition) is 3. The second-order valence-corrected chi connectivity index (χ2v) is 5.82. The van der Waals surface area contributed by atoms with Crippen LogP contribution in [-0.2, 0) is 0 Å². The molecule has 2 unspecified atom stereocenters. The Labute approximate surface area is 141 Å². The van der Waals surface area contributed by atoms with Crippen LogP contribution in [-0.4, -0.2) is 30.6 Å². The first-order valence-corrected chi connectivity index (χ1v) is 7.98. The molecule has 128 valence electrons.